The van der Waals surface area contributed by atoms with Crippen LogP contribution in [0.5, 0.6) is 0 Å². The van der Waals surface area contributed by atoms with E-state index in [1.807, 2.05) is 18.2 Å². The highest BCUT2D eigenvalue weighted by molar-refractivity contribution is 5.88. The van der Waals surface area contributed by atoms with E-state index in [2.05, 4.69) is 41.1 Å². The molecular formula is C21H24N2O2. The Bertz CT molecular complexity index is 730. The number of nitrogens with zero attached hydrogens (tertiary/aromatic N) is 2. The first-order chi connectivity index (χ1) is 12.1. The van der Waals surface area contributed by atoms with Crippen molar-refractivity contribution in [2.24, 2.45) is 0 Å². The van der Waals surface area contributed by atoms with Gasteiger partial charge in [0.1, 0.15) is 0 Å². The number of carboxylic acids is 1. The Morgan fingerprint density at radius 3 is 2.08 bits per heavy atom. The van der Waals surface area contributed by atoms with Crippen molar-refractivity contribution in [1.82, 2.24) is 4.90 Å². The van der Waals surface area contributed by atoms with E-state index in [-0.39, 0.29) is 0 Å². The SMILES string of the molecule is CN1[C@@H]2CC[C@H]1CC(N(c1ccccc1)c1ccc(C(=O)O)cc1)C2. The molecule has 0 amide bonds. The molecular weight excluding hydrogens is 312 g/mol. The predicted molar refractivity (Wildman–Crippen MR) is 99.6 cm³/mol. The third-order valence-corrected chi connectivity index (χ3v) is 5.87. The number of anilines is 2. The van der Waals surface area contributed by atoms with Gasteiger partial charge in [-0.05, 0) is 69.1 Å². The molecule has 4 rings (SSSR count). The van der Waals surface area contributed by atoms with Gasteiger partial charge in [0.2, 0.25) is 0 Å². The molecule has 2 aromatic rings. The fourth-order valence-electron chi connectivity index (χ4n) is 4.52. The van der Waals surface area contributed by atoms with Crippen LogP contribution in [-0.2, 0) is 0 Å². The first-order valence-electron chi connectivity index (χ1n) is 9.03. The molecule has 2 fully saturated rings. The minimum atomic E-state index is -0.879. The summed E-state index contributed by atoms with van der Waals surface area (Å²) in [6, 6.07) is 19.5. The average Bonchev–Trinajstić information content (AvgIpc) is 2.84. The number of fused-ring (bicyclic) bond motifs is 2. The molecule has 0 spiro atoms. The van der Waals surface area contributed by atoms with E-state index >= 15 is 0 Å². The van der Waals surface area contributed by atoms with Crippen LogP contribution in [0.15, 0.2) is 54.6 Å². The van der Waals surface area contributed by atoms with Crippen molar-refractivity contribution in [1.29, 1.82) is 0 Å². The Morgan fingerprint density at radius 1 is 0.960 bits per heavy atom. The lowest BCUT2D eigenvalue weighted by Crippen LogP contribution is -2.47. The summed E-state index contributed by atoms with van der Waals surface area (Å²) >= 11 is 0. The Labute approximate surface area is 148 Å². The number of carboxylic acid groups (broad SMARTS) is 1. The van der Waals surface area contributed by atoms with Crippen LogP contribution in [-0.4, -0.2) is 41.1 Å². The molecule has 130 valence electrons. The van der Waals surface area contributed by atoms with Gasteiger partial charge in [-0.25, -0.2) is 4.79 Å². The quantitative estimate of drug-likeness (QED) is 0.911. The van der Waals surface area contributed by atoms with Gasteiger partial charge in [-0.3, -0.25) is 0 Å². The number of carbonyl (C=O) groups is 1. The number of hydrogen-bond acceptors (Lipinski definition) is 3. The van der Waals surface area contributed by atoms with Gasteiger partial charge in [0.05, 0.1) is 5.56 Å². The van der Waals surface area contributed by atoms with Gasteiger partial charge in [-0.1, -0.05) is 18.2 Å². The minimum absolute atomic E-state index is 0.334. The molecule has 0 radical (unpaired) electrons. The van der Waals surface area contributed by atoms with Crippen LogP contribution in [0.3, 0.4) is 0 Å². The molecule has 4 nitrogen and oxygen atoms in total. The number of rotatable bonds is 4. The second kappa shape index (κ2) is 6.52. The van der Waals surface area contributed by atoms with Gasteiger partial charge in [-0.2, -0.15) is 0 Å². The first-order valence-corrected chi connectivity index (χ1v) is 9.03. The number of piperidine rings is 1. The van der Waals surface area contributed by atoms with E-state index < -0.39 is 5.97 Å². The van der Waals surface area contributed by atoms with Crippen molar-refractivity contribution in [2.75, 3.05) is 11.9 Å². The molecule has 2 aromatic carbocycles. The van der Waals surface area contributed by atoms with Gasteiger partial charge < -0.3 is 14.9 Å². The number of aromatic carboxylic acids is 1. The molecule has 0 aromatic heterocycles. The summed E-state index contributed by atoms with van der Waals surface area (Å²) in [7, 11) is 2.26. The van der Waals surface area contributed by atoms with Gasteiger partial charge in [0.15, 0.2) is 0 Å². The Balaban J connectivity index is 1.69. The van der Waals surface area contributed by atoms with Crippen LogP contribution in [0, 0.1) is 0 Å². The third-order valence-electron chi connectivity index (χ3n) is 5.87. The van der Waals surface area contributed by atoms with E-state index in [4.69, 9.17) is 5.11 Å². The highest BCUT2D eigenvalue weighted by Gasteiger charge is 2.40. The molecule has 2 aliphatic rings. The first kappa shape index (κ1) is 16.2. The molecule has 0 aliphatic carbocycles. The summed E-state index contributed by atoms with van der Waals surface area (Å²) in [5, 5.41) is 9.17. The van der Waals surface area contributed by atoms with Crippen molar-refractivity contribution >= 4 is 17.3 Å². The molecule has 2 bridgehead atoms. The number of benzene rings is 2. The molecule has 1 N–H and O–H groups in total. The summed E-state index contributed by atoms with van der Waals surface area (Å²) in [5.41, 5.74) is 2.59. The molecule has 3 atom stereocenters. The topological polar surface area (TPSA) is 43.8 Å². The van der Waals surface area contributed by atoms with Crippen LogP contribution in [0.4, 0.5) is 11.4 Å². The minimum Gasteiger partial charge on any atom is -0.478 e. The van der Waals surface area contributed by atoms with Gasteiger partial charge in [-0.15, -0.1) is 0 Å². The van der Waals surface area contributed by atoms with E-state index in [1.54, 1.807) is 12.1 Å². The van der Waals surface area contributed by atoms with E-state index in [1.165, 1.54) is 18.5 Å². The third kappa shape index (κ3) is 3.02. The van der Waals surface area contributed by atoms with E-state index in [0.29, 0.717) is 23.7 Å². The summed E-state index contributed by atoms with van der Waals surface area (Å²) in [6.45, 7) is 0. The Kier molecular flexibility index (Phi) is 4.22. The van der Waals surface area contributed by atoms with Crippen molar-refractivity contribution in [2.45, 2.75) is 43.8 Å². The lowest BCUT2D eigenvalue weighted by molar-refractivity contribution is 0.0697. The zero-order valence-corrected chi connectivity index (χ0v) is 14.5. The fraction of sp³-hybridized carbons (Fsp3) is 0.381. The molecule has 25 heavy (non-hydrogen) atoms. The van der Waals surface area contributed by atoms with Crippen molar-refractivity contribution in [3.8, 4) is 0 Å². The fourth-order valence-corrected chi connectivity index (χ4v) is 4.52. The monoisotopic (exact) mass is 336 g/mol. The summed E-state index contributed by atoms with van der Waals surface area (Å²) in [5.74, 6) is -0.879. The number of hydrogen-bond donors (Lipinski definition) is 1. The molecule has 4 heteroatoms. The maximum atomic E-state index is 11.2. The molecule has 0 saturated carbocycles. The second-order valence-corrected chi connectivity index (χ2v) is 7.23. The van der Waals surface area contributed by atoms with Crippen molar-refractivity contribution in [3.05, 3.63) is 60.2 Å². The lowest BCUT2D eigenvalue weighted by Gasteiger charge is -2.43. The van der Waals surface area contributed by atoms with Crippen LogP contribution in [0.2, 0.25) is 0 Å². The van der Waals surface area contributed by atoms with E-state index in [0.717, 1.165) is 18.5 Å². The van der Waals surface area contributed by atoms with Crippen LogP contribution < -0.4 is 4.90 Å². The number of para-hydroxylation sites is 1. The molecule has 2 heterocycles. The van der Waals surface area contributed by atoms with Gasteiger partial charge in [0, 0.05) is 29.5 Å². The highest BCUT2D eigenvalue weighted by Crippen LogP contribution is 2.40. The van der Waals surface area contributed by atoms with Crippen LogP contribution in [0.25, 0.3) is 0 Å². The normalized spacial score (nSPS) is 25.7. The standard InChI is InChI=1S/C21H24N2O2/c1-22-18-11-12-19(22)14-20(13-18)23(16-5-3-2-4-6-16)17-9-7-15(8-10-17)21(24)25/h2-10,18-20H,11-14H2,1H3,(H,24,25)/t18-,19+,20?. The molecule has 2 saturated heterocycles. The Hall–Kier alpha value is -2.33. The summed E-state index contributed by atoms with van der Waals surface area (Å²) in [6.07, 6.45) is 4.89. The zero-order chi connectivity index (χ0) is 17.4. The van der Waals surface area contributed by atoms with Crippen molar-refractivity contribution < 1.29 is 9.90 Å². The highest BCUT2D eigenvalue weighted by atomic mass is 16.4. The van der Waals surface area contributed by atoms with E-state index in [9.17, 15) is 4.79 Å². The predicted octanol–water partition coefficient (Wildman–Crippen LogP) is 4.15. The van der Waals surface area contributed by atoms with Gasteiger partial charge >= 0.3 is 5.97 Å². The maximum Gasteiger partial charge on any atom is 0.335 e. The van der Waals surface area contributed by atoms with Crippen molar-refractivity contribution in [3.63, 3.8) is 0 Å². The Morgan fingerprint density at radius 2 is 1.52 bits per heavy atom. The summed E-state index contributed by atoms with van der Waals surface area (Å²) < 4.78 is 0. The maximum absolute atomic E-state index is 11.2. The van der Waals surface area contributed by atoms with Crippen LogP contribution >= 0.6 is 0 Å². The molecule has 2 aliphatic heterocycles. The lowest BCUT2D eigenvalue weighted by atomic mass is 9.95. The summed E-state index contributed by atoms with van der Waals surface area (Å²) in [4.78, 5) is 16.1. The smallest absolute Gasteiger partial charge is 0.335 e. The zero-order valence-electron chi connectivity index (χ0n) is 14.5. The molecule has 1 unspecified atom stereocenters. The second-order valence-electron chi connectivity index (χ2n) is 7.23. The largest absolute Gasteiger partial charge is 0.478 e. The van der Waals surface area contributed by atoms with Gasteiger partial charge in [0.25, 0.3) is 0 Å². The van der Waals surface area contributed by atoms with Crippen LogP contribution in [0.1, 0.15) is 36.0 Å². The average molecular weight is 336 g/mol.